The average molecular weight is 419 g/mol. The van der Waals surface area contributed by atoms with Crippen molar-refractivity contribution in [1.29, 1.82) is 0 Å². The number of aromatic hydroxyl groups is 1. The highest BCUT2D eigenvalue weighted by molar-refractivity contribution is 5.90. The van der Waals surface area contributed by atoms with Crippen LogP contribution in [0.5, 0.6) is 5.75 Å². The first kappa shape index (κ1) is 23.1. The van der Waals surface area contributed by atoms with Crippen LogP contribution in [-0.2, 0) is 20.8 Å². The number of phenolic OH excluding ortho intramolecular Hbond substituents is 1. The van der Waals surface area contributed by atoms with Gasteiger partial charge in [0.25, 0.3) is 0 Å². The topological polar surface area (TPSA) is 189 Å². The highest BCUT2D eigenvalue weighted by atomic mass is 16.3. The molecule has 164 valence electrons. The second-order valence-electron chi connectivity index (χ2n) is 7.24. The molecule has 1 aliphatic heterocycles. The fraction of sp³-hybridized carbons (Fsp3) is 0.474. The van der Waals surface area contributed by atoms with E-state index in [2.05, 4.69) is 15.7 Å². The number of hydrazine groups is 1. The number of Topliss-reactive ketones (excluding diaryl/α,β-unsaturated/α-hetero) is 1. The van der Waals surface area contributed by atoms with Gasteiger partial charge in [0.15, 0.2) is 5.96 Å². The molecule has 1 aromatic rings. The Labute approximate surface area is 174 Å². The van der Waals surface area contributed by atoms with Crippen molar-refractivity contribution in [1.82, 2.24) is 15.8 Å². The number of nitrogens with one attached hydrogen (secondary N) is 2. The van der Waals surface area contributed by atoms with Gasteiger partial charge in [0.1, 0.15) is 23.6 Å². The van der Waals surface area contributed by atoms with Crippen LogP contribution in [-0.4, -0.2) is 64.9 Å². The Morgan fingerprint density at radius 2 is 1.97 bits per heavy atom. The number of nitrogens with two attached hydrogens (primary N) is 3. The first-order chi connectivity index (χ1) is 14.2. The molecule has 11 heteroatoms. The van der Waals surface area contributed by atoms with Crippen LogP contribution in [0.1, 0.15) is 25.3 Å². The van der Waals surface area contributed by atoms with Gasteiger partial charge in [-0.25, -0.2) is 10.4 Å². The highest BCUT2D eigenvalue weighted by Crippen LogP contribution is 2.15. The molecule has 0 aliphatic carbocycles. The molecule has 0 spiro atoms. The predicted molar refractivity (Wildman–Crippen MR) is 111 cm³/mol. The number of rotatable bonds is 10. The van der Waals surface area contributed by atoms with Gasteiger partial charge in [-0.2, -0.15) is 0 Å². The smallest absolute Gasteiger partial charge is 0.241 e. The Kier molecular flexibility index (Phi) is 8.13. The van der Waals surface area contributed by atoms with E-state index < -0.39 is 24.0 Å². The van der Waals surface area contributed by atoms with Gasteiger partial charge < -0.3 is 27.6 Å². The van der Waals surface area contributed by atoms with Crippen molar-refractivity contribution in [2.45, 2.75) is 44.3 Å². The monoisotopic (exact) mass is 419 g/mol. The van der Waals surface area contributed by atoms with Crippen molar-refractivity contribution in [3.05, 3.63) is 29.8 Å². The van der Waals surface area contributed by atoms with Crippen LogP contribution in [0.15, 0.2) is 29.3 Å². The molecule has 1 aromatic carbocycles. The van der Waals surface area contributed by atoms with Crippen LogP contribution < -0.4 is 27.9 Å². The number of ketones is 1. The number of carbonyl (C=O) groups is 3. The Morgan fingerprint density at radius 3 is 2.53 bits per heavy atom. The van der Waals surface area contributed by atoms with Gasteiger partial charge in [0.2, 0.25) is 11.8 Å². The van der Waals surface area contributed by atoms with E-state index in [1.807, 2.05) is 0 Å². The Hall–Kier alpha value is -3.18. The number of piperazine rings is 1. The number of guanidine groups is 1. The number of amides is 2. The molecular weight excluding hydrogens is 390 g/mol. The molecule has 1 saturated heterocycles. The van der Waals surface area contributed by atoms with E-state index in [9.17, 15) is 19.5 Å². The average Bonchev–Trinajstić information content (AvgIpc) is 2.67. The minimum absolute atomic E-state index is 0.0302. The number of aliphatic imine (C=N–C) groups is 1. The first-order valence-electron chi connectivity index (χ1n) is 9.63. The molecule has 0 radical (unpaired) electrons. The lowest BCUT2D eigenvalue weighted by Gasteiger charge is -2.40. The van der Waals surface area contributed by atoms with Crippen molar-refractivity contribution >= 4 is 23.6 Å². The highest BCUT2D eigenvalue weighted by Gasteiger charge is 2.37. The molecule has 0 saturated carbocycles. The van der Waals surface area contributed by atoms with E-state index in [0.717, 1.165) is 5.56 Å². The molecule has 0 aromatic heterocycles. The first-order valence-corrected chi connectivity index (χ1v) is 9.63. The lowest BCUT2D eigenvalue weighted by atomic mass is 10.0. The Morgan fingerprint density at radius 1 is 1.30 bits per heavy atom. The molecule has 0 bridgehead atoms. The number of nitrogens with zero attached hydrogens (tertiary/aromatic N) is 2. The van der Waals surface area contributed by atoms with Gasteiger partial charge in [-0.3, -0.25) is 19.4 Å². The van der Waals surface area contributed by atoms with Gasteiger partial charge >= 0.3 is 0 Å². The summed E-state index contributed by atoms with van der Waals surface area (Å²) >= 11 is 0. The summed E-state index contributed by atoms with van der Waals surface area (Å²) in [7, 11) is 0. The minimum atomic E-state index is -0.875. The van der Waals surface area contributed by atoms with Gasteiger partial charge in [0.05, 0.1) is 6.04 Å². The van der Waals surface area contributed by atoms with Crippen LogP contribution >= 0.6 is 0 Å². The summed E-state index contributed by atoms with van der Waals surface area (Å²) in [6.07, 6.45) is 1.28. The minimum Gasteiger partial charge on any atom is -0.508 e. The van der Waals surface area contributed by atoms with Gasteiger partial charge in [-0.1, -0.05) is 12.1 Å². The molecule has 1 heterocycles. The molecule has 1 fully saturated rings. The number of hydrogen-bond acceptors (Lipinski definition) is 7. The van der Waals surface area contributed by atoms with Crippen LogP contribution in [0, 0.1) is 0 Å². The molecule has 2 rings (SSSR count). The van der Waals surface area contributed by atoms with E-state index in [1.165, 1.54) is 19.1 Å². The van der Waals surface area contributed by atoms with E-state index in [1.54, 1.807) is 17.1 Å². The standard InChI is InChI=1S/C19H29N7O4/c1-11(27)14(9-12-4-6-13(28)7-5-12)25-26-10-15(17(20)29)24-18(30)16(26)3-2-8-23-19(21)22/h4-7,14-16,25,28H,2-3,8-10H2,1H3,(H2,20,29)(H,24,30)(H4,21,22,23)/t14-,15+,16-/m0/s1. The third-order valence-electron chi connectivity index (χ3n) is 4.84. The van der Waals surface area contributed by atoms with E-state index in [0.29, 0.717) is 25.8 Å². The third kappa shape index (κ3) is 6.71. The normalized spacial score (nSPS) is 20.2. The molecule has 1 aliphatic rings. The maximum absolute atomic E-state index is 12.6. The second kappa shape index (κ2) is 10.6. The number of carbonyl (C=O) groups excluding carboxylic acids is 3. The Bertz CT molecular complexity index is 793. The summed E-state index contributed by atoms with van der Waals surface area (Å²) in [5.41, 5.74) is 19.9. The van der Waals surface area contributed by atoms with Crippen molar-refractivity contribution in [3.8, 4) is 5.75 Å². The van der Waals surface area contributed by atoms with Crippen LogP contribution in [0.4, 0.5) is 0 Å². The fourth-order valence-corrected chi connectivity index (χ4v) is 3.21. The zero-order valence-electron chi connectivity index (χ0n) is 16.9. The predicted octanol–water partition coefficient (Wildman–Crippen LogP) is -1.90. The molecular formula is C19H29N7O4. The number of benzene rings is 1. The molecule has 30 heavy (non-hydrogen) atoms. The maximum Gasteiger partial charge on any atom is 0.241 e. The van der Waals surface area contributed by atoms with Crippen LogP contribution in [0.25, 0.3) is 0 Å². The molecule has 3 atom stereocenters. The summed E-state index contributed by atoms with van der Waals surface area (Å²) in [5.74, 6) is -1.06. The second-order valence-corrected chi connectivity index (χ2v) is 7.24. The van der Waals surface area contributed by atoms with Gasteiger partial charge in [0, 0.05) is 13.1 Å². The summed E-state index contributed by atoms with van der Waals surface area (Å²) in [5, 5.41) is 13.6. The summed E-state index contributed by atoms with van der Waals surface area (Å²) in [6, 6.07) is 4.38. The quantitative estimate of drug-likeness (QED) is 0.144. The zero-order valence-corrected chi connectivity index (χ0v) is 16.9. The van der Waals surface area contributed by atoms with E-state index >= 15 is 0 Å². The molecule has 9 N–H and O–H groups in total. The summed E-state index contributed by atoms with van der Waals surface area (Å²) in [4.78, 5) is 40.4. The van der Waals surface area contributed by atoms with E-state index in [-0.39, 0.29) is 29.9 Å². The van der Waals surface area contributed by atoms with Gasteiger partial charge in [-0.05, 0) is 43.9 Å². The lowest BCUT2D eigenvalue weighted by Crippen LogP contribution is -2.68. The Balaban J connectivity index is 2.14. The van der Waals surface area contributed by atoms with Gasteiger partial charge in [-0.15, -0.1) is 0 Å². The number of hydrogen-bond donors (Lipinski definition) is 6. The molecule has 2 amide bonds. The number of primary amides is 1. The van der Waals surface area contributed by atoms with E-state index in [4.69, 9.17) is 17.2 Å². The molecule has 0 unspecified atom stereocenters. The summed E-state index contributed by atoms with van der Waals surface area (Å²) in [6.45, 7) is 1.91. The third-order valence-corrected chi connectivity index (χ3v) is 4.84. The summed E-state index contributed by atoms with van der Waals surface area (Å²) < 4.78 is 0. The number of phenols is 1. The van der Waals surface area contributed by atoms with Crippen molar-refractivity contribution in [2.75, 3.05) is 13.1 Å². The van der Waals surface area contributed by atoms with Crippen LogP contribution in [0.3, 0.4) is 0 Å². The maximum atomic E-state index is 12.6. The van der Waals surface area contributed by atoms with Crippen molar-refractivity contribution in [3.63, 3.8) is 0 Å². The lowest BCUT2D eigenvalue weighted by molar-refractivity contribution is -0.139. The van der Waals surface area contributed by atoms with Crippen molar-refractivity contribution < 1.29 is 19.5 Å². The molecule has 11 nitrogen and oxygen atoms in total. The van der Waals surface area contributed by atoms with Crippen molar-refractivity contribution in [2.24, 2.45) is 22.2 Å². The largest absolute Gasteiger partial charge is 0.508 e. The zero-order chi connectivity index (χ0) is 22.3. The SMILES string of the molecule is CC(=O)[C@H](Cc1ccc(O)cc1)NN1C[C@H](C(N)=O)NC(=O)[C@@H]1CCCN=C(N)N. The fourth-order valence-electron chi connectivity index (χ4n) is 3.21. The van der Waals surface area contributed by atoms with Crippen LogP contribution in [0.2, 0.25) is 0 Å².